The van der Waals surface area contributed by atoms with Crippen molar-refractivity contribution in [3.63, 3.8) is 0 Å². The summed E-state index contributed by atoms with van der Waals surface area (Å²) in [6, 6.07) is 3.84. The Morgan fingerprint density at radius 1 is 1.50 bits per heavy atom. The van der Waals surface area contributed by atoms with E-state index in [0.717, 1.165) is 11.3 Å². The molecule has 0 saturated heterocycles. The topological polar surface area (TPSA) is 54.0 Å². The van der Waals surface area contributed by atoms with Gasteiger partial charge in [0.25, 0.3) is 0 Å². The van der Waals surface area contributed by atoms with Crippen molar-refractivity contribution in [1.29, 1.82) is 5.26 Å². The summed E-state index contributed by atoms with van der Waals surface area (Å²) in [5, 5.41) is 13.0. The zero-order chi connectivity index (χ0) is 10.1. The van der Waals surface area contributed by atoms with Crippen LogP contribution in [0.2, 0.25) is 0 Å². The number of rotatable bonds is 1. The summed E-state index contributed by atoms with van der Waals surface area (Å²) in [5.74, 6) is 1.09. The van der Waals surface area contributed by atoms with Crippen LogP contribution in [0.4, 0.5) is 0 Å². The number of aromatic nitrogens is 3. The first-order valence-electron chi connectivity index (χ1n) is 4.46. The third kappa shape index (κ3) is 1.33. The van der Waals surface area contributed by atoms with Crippen LogP contribution in [0.5, 0.6) is 0 Å². The Hall–Kier alpha value is -1.89. The van der Waals surface area contributed by atoms with Crippen LogP contribution in [0.15, 0.2) is 18.5 Å². The highest BCUT2D eigenvalue weighted by atomic mass is 15.2. The van der Waals surface area contributed by atoms with Crippen molar-refractivity contribution in [2.24, 2.45) is 0 Å². The van der Waals surface area contributed by atoms with Gasteiger partial charge in [0.15, 0.2) is 5.82 Å². The fourth-order valence-electron chi connectivity index (χ4n) is 1.25. The van der Waals surface area contributed by atoms with Crippen molar-refractivity contribution in [2.75, 3.05) is 0 Å². The van der Waals surface area contributed by atoms with Gasteiger partial charge >= 0.3 is 0 Å². The molecule has 0 bridgehead atoms. The van der Waals surface area contributed by atoms with Gasteiger partial charge in [-0.15, -0.1) is 0 Å². The lowest BCUT2D eigenvalue weighted by atomic mass is 10.2. The van der Waals surface area contributed by atoms with Gasteiger partial charge in [0.2, 0.25) is 0 Å². The van der Waals surface area contributed by atoms with Gasteiger partial charge in [-0.3, -0.25) is 0 Å². The highest BCUT2D eigenvalue weighted by Crippen LogP contribution is 2.11. The molecule has 0 unspecified atom stereocenters. The first kappa shape index (κ1) is 8.70. The van der Waals surface area contributed by atoms with Crippen molar-refractivity contribution >= 4 is 5.52 Å². The zero-order valence-corrected chi connectivity index (χ0v) is 8.10. The van der Waals surface area contributed by atoms with E-state index in [4.69, 9.17) is 5.26 Å². The van der Waals surface area contributed by atoms with Gasteiger partial charge in [-0.2, -0.15) is 10.4 Å². The SMILES string of the molecule is CC(C)c1ncc2cc(C#N)cn2n1. The fourth-order valence-corrected chi connectivity index (χ4v) is 1.25. The minimum Gasteiger partial charge on any atom is -0.237 e. The van der Waals surface area contributed by atoms with E-state index in [1.165, 1.54) is 0 Å². The zero-order valence-electron chi connectivity index (χ0n) is 8.10. The van der Waals surface area contributed by atoms with Gasteiger partial charge in [-0.05, 0) is 6.07 Å². The van der Waals surface area contributed by atoms with Gasteiger partial charge in [0, 0.05) is 12.1 Å². The molecule has 2 heterocycles. The highest BCUT2D eigenvalue weighted by molar-refractivity contribution is 5.50. The van der Waals surface area contributed by atoms with Crippen molar-refractivity contribution in [3.8, 4) is 6.07 Å². The largest absolute Gasteiger partial charge is 0.237 e. The van der Waals surface area contributed by atoms with Crippen molar-refractivity contribution in [2.45, 2.75) is 19.8 Å². The van der Waals surface area contributed by atoms with Gasteiger partial charge in [-0.25, -0.2) is 9.50 Å². The molecule has 0 aliphatic carbocycles. The van der Waals surface area contributed by atoms with E-state index >= 15 is 0 Å². The minimum atomic E-state index is 0.298. The summed E-state index contributed by atoms with van der Waals surface area (Å²) in [5.41, 5.74) is 1.46. The summed E-state index contributed by atoms with van der Waals surface area (Å²) in [7, 11) is 0. The fraction of sp³-hybridized carbons (Fsp3) is 0.300. The molecule has 14 heavy (non-hydrogen) atoms. The van der Waals surface area contributed by atoms with Crippen LogP contribution in [-0.4, -0.2) is 14.6 Å². The van der Waals surface area contributed by atoms with Gasteiger partial charge < -0.3 is 0 Å². The smallest absolute Gasteiger partial charge is 0.151 e. The quantitative estimate of drug-likeness (QED) is 0.681. The summed E-state index contributed by atoms with van der Waals surface area (Å²) >= 11 is 0. The molecular formula is C10H10N4. The lowest BCUT2D eigenvalue weighted by Gasteiger charge is -2.02. The lowest BCUT2D eigenvalue weighted by molar-refractivity contribution is 0.719. The Morgan fingerprint density at radius 2 is 2.29 bits per heavy atom. The van der Waals surface area contributed by atoms with Crippen LogP contribution in [0, 0.1) is 11.3 Å². The van der Waals surface area contributed by atoms with Gasteiger partial charge in [0.1, 0.15) is 6.07 Å². The third-order valence-electron chi connectivity index (χ3n) is 2.01. The molecule has 0 aliphatic heterocycles. The molecule has 0 aliphatic rings. The number of hydrogen-bond donors (Lipinski definition) is 0. The normalized spacial score (nSPS) is 10.7. The number of nitrogens with zero attached hydrogens (tertiary/aromatic N) is 4. The highest BCUT2D eigenvalue weighted by Gasteiger charge is 2.05. The molecule has 4 heteroatoms. The van der Waals surface area contributed by atoms with Crippen LogP contribution in [0.25, 0.3) is 5.52 Å². The molecule has 0 saturated carbocycles. The molecule has 0 fully saturated rings. The number of nitriles is 1. The molecule has 2 aromatic heterocycles. The molecule has 0 amide bonds. The molecule has 0 aromatic carbocycles. The van der Waals surface area contributed by atoms with Crippen LogP contribution < -0.4 is 0 Å². The molecular weight excluding hydrogens is 176 g/mol. The summed E-state index contributed by atoms with van der Waals surface area (Å²) in [6.07, 6.45) is 3.45. The van der Waals surface area contributed by atoms with Crippen LogP contribution >= 0.6 is 0 Å². The van der Waals surface area contributed by atoms with Gasteiger partial charge in [0.05, 0.1) is 17.3 Å². The Kier molecular flexibility index (Phi) is 1.93. The lowest BCUT2D eigenvalue weighted by Crippen LogP contribution is -2.01. The Balaban J connectivity index is 2.61. The molecule has 0 atom stereocenters. The Labute approximate surface area is 81.8 Å². The molecule has 4 nitrogen and oxygen atoms in total. The van der Waals surface area contributed by atoms with Crippen molar-refractivity contribution in [3.05, 3.63) is 29.8 Å². The van der Waals surface area contributed by atoms with E-state index < -0.39 is 0 Å². The van der Waals surface area contributed by atoms with E-state index in [1.54, 1.807) is 23.0 Å². The monoisotopic (exact) mass is 186 g/mol. The van der Waals surface area contributed by atoms with Crippen molar-refractivity contribution < 1.29 is 0 Å². The molecule has 0 N–H and O–H groups in total. The average molecular weight is 186 g/mol. The van der Waals surface area contributed by atoms with Gasteiger partial charge in [-0.1, -0.05) is 13.8 Å². The van der Waals surface area contributed by atoms with E-state index in [0.29, 0.717) is 11.5 Å². The third-order valence-corrected chi connectivity index (χ3v) is 2.01. The minimum absolute atomic E-state index is 0.298. The Morgan fingerprint density at radius 3 is 2.93 bits per heavy atom. The molecule has 70 valence electrons. The molecule has 2 aromatic rings. The molecule has 0 radical (unpaired) electrons. The van der Waals surface area contributed by atoms with E-state index in [9.17, 15) is 0 Å². The summed E-state index contributed by atoms with van der Waals surface area (Å²) in [4.78, 5) is 4.21. The first-order chi connectivity index (χ1) is 6.70. The average Bonchev–Trinajstić information content (AvgIpc) is 2.58. The van der Waals surface area contributed by atoms with Crippen LogP contribution in [0.1, 0.15) is 31.2 Å². The second-order valence-corrected chi connectivity index (χ2v) is 3.48. The number of hydrogen-bond acceptors (Lipinski definition) is 3. The Bertz CT molecular complexity index is 504. The van der Waals surface area contributed by atoms with E-state index in [1.807, 2.05) is 13.8 Å². The molecule has 2 rings (SSSR count). The van der Waals surface area contributed by atoms with Crippen LogP contribution in [0.3, 0.4) is 0 Å². The number of fused-ring (bicyclic) bond motifs is 1. The predicted molar refractivity (Wildman–Crippen MR) is 51.8 cm³/mol. The van der Waals surface area contributed by atoms with Crippen molar-refractivity contribution in [1.82, 2.24) is 14.6 Å². The predicted octanol–water partition coefficient (Wildman–Crippen LogP) is 1.72. The van der Waals surface area contributed by atoms with E-state index in [2.05, 4.69) is 16.2 Å². The van der Waals surface area contributed by atoms with E-state index in [-0.39, 0.29) is 0 Å². The maximum atomic E-state index is 8.71. The first-order valence-corrected chi connectivity index (χ1v) is 4.46. The maximum absolute atomic E-state index is 8.71. The second-order valence-electron chi connectivity index (χ2n) is 3.48. The standard InChI is InChI=1S/C10H10N4/c1-7(2)10-12-5-9-3-8(4-11)6-14(9)13-10/h3,5-7H,1-2H3. The summed E-state index contributed by atoms with van der Waals surface area (Å²) < 4.78 is 1.70. The van der Waals surface area contributed by atoms with Crippen LogP contribution in [-0.2, 0) is 0 Å². The molecule has 0 spiro atoms. The second kappa shape index (κ2) is 3.11. The maximum Gasteiger partial charge on any atom is 0.151 e. The summed E-state index contributed by atoms with van der Waals surface area (Å²) in [6.45, 7) is 4.08.